The van der Waals surface area contributed by atoms with Gasteiger partial charge in [0, 0.05) is 6.54 Å². The van der Waals surface area contributed by atoms with Crippen molar-refractivity contribution in [2.45, 2.75) is 20.4 Å². The smallest absolute Gasteiger partial charge is 0.342 e. The van der Waals surface area contributed by atoms with Crippen LogP contribution in [0.25, 0.3) is 0 Å². The predicted octanol–water partition coefficient (Wildman–Crippen LogP) is 3.16. The van der Waals surface area contributed by atoms with Crippen molar-refractivity contribution in [3.05, 3.63) is 46.6 Å². The average molecular weight is 276 g/mol. The Labute approximate surface area is 116 Å². The molecule has 2 rings (SSSR count). The summed E-state index contributed by atoms with van der Waals surface area (Å²) < 4.78 is 8.73. The number of carbonyl (C=O) groups is 1. The first-order valence-corrected chi connectivity index (χ1v) is 6.72. The van der Waals surface area contributed by atoms with E-state index in [1.165, 1.54) is 41.5 Å². The Balaban J connectivity index is 2.10. The summed E-state index contributed by atoms with van der Waals surface area (Å²) in [5.74, 6) is -0.364. The summed E-state index contributed by atoms with van der Waals surface area (Å²) in [6.45, 7) is 4.82. The van der Waals surface area contributed by atoms with Crippen LogP contribution in [0.3, 0.4) is 0 Å². The molecule has 0 unspecified atom stereocenters. The molecule has 0 aliphatic carbocycles. The summed E-state index contributed by atoms with van der Waals surface area (Å²) >= 11 is 1.26. The van der Waals surface area contributed by atoms with E-state index in [2.05, 4.69) is 41.7 Å². The first-order chi connectivity index (χ1) is 9.11. The molecule has 0 atom stereocenters. The molecule has 0 saturated carbocycles. The lowest BCUT2D eigenvalue weighted by Gasteiger charge is -2.09. The van der Waals surface area contributed by atoms with E-state index in [-0.39, 0.29) is 5.97 Å². The maximum Gasteiger partial charge on any atom is 0.342 e. The van der Waals surface area contributed by atoms with Crippen molar-refractivity contribution in [3.63, 3.8) is 0 Å². The van der Waals surface area contributed by atoms with Gasteiger partial charge in [0.05, 0.1) is 13.3 Å². The van der Waals surface area contributed by atoms with Gasteiger partial charge in [-0.3, -0.25) is 0 Å². The van der Waals surface area contributed by atoms with Gasteiger partial charge in [0.2, 0.25) is 0 Å². The second-order valence-electron chi connectivity index (χ2n) is 4.34. The van der Waals surface area contributed by atoms with E-state index in [1.54, 1.807) is 0 Å². The number of ether oxygens (including phenoxy) is 1. The van der Waals surface area contributed by atoms with E-state index in [0.717, 1.165) is 5.00 Å². The summed E-state index contributed by atoms with van der Waals surface area (Å²) in [5.41, 5.74) is 4.16. The number of anilines is 1. The number of rotatable bonds is 4. The lowest BCUT2D eigenvalue weighted by atomic mass is 10.1. The number of aromatic nitrogens is 1. The molecule has 0 aliphatic rings. The van der Waals surface area contributed by atoms with Gasteiger partial charge in [-0.1, -0.05) is 23.8 Å². The summed E-state index contributed by atoms with van der Waals surface area (Å²) in [6.07, 6.45) is 1.53. The lowest BCUT2D eigenvalue weighted by Crippen LogP contribution is -2.06. The number of hydrogen-bond donors (Lipinski definition) is 1. The molecule has 19 heavy (non-hydrogen) atoms. The Morgan fingerprint density at radius 2 is 2.21 bits per heavy atom. The summed E-state index contributed by atoms with van der Waals surface area (Å²) in [4.78, 5) is 11.5. The van der Waals surface area contributed by atoms with Crippen molar-refractivity contribution in [2.75, 3.05) is 12.4 Å². The van der Waals surface area contributed by atoms with Crippen molar-refractivity contribution in [1.29, 1.82) is 0 Å². The van der Waals surface area contributed by atoms with E-state index in [1.807, 2.05) is 0 Å². The fourth-order valence-corrected chi connectivity index (χ4v) is 2.48. The van der Waals surface area contributed by atoms with E-state index in [4.69, 9.17) is 4.74 Å². The monoisotopic (exact) mass is 276 g/mol. The molecular weight excluding hydrogens is 260 g/mol. The second kappa shape index (κ2) is 5.84. The van der Waals surface area contributed by atoms with Gasteiger partial charge in [0.25, 0.3) is 0 Å². The third kappa shape index (κ3) is 3.12. The van der Waals surface area contributed by atoms with Crippen LogP contribution in [-0.2, 0) is 11.3 Å². The van der Waals surface area contributed by atoms with Gasteiger partial charge in [-0.15, -0.1) is 0 Å². The van der Waals surface area contributed by atoms with Crippen molar-refractivity contribution in [1.82, 2.24) is 4.37 Å². The summed E-state index contributed by atoms with van der Waals surface area (Å²) in [5, 5.41) is 3.98. The van der Waals surface area contributed by atoms with Crippen LogP contribution < -0.4 is 5.32 Å². The summed E-state index contributed by atoms with van der Waals surface area (Å²) in [7, 11) is 1.37. The Hall–Kier alpha value is -1.88. The van der Waals surface area contributed by atoms with Crippen molar-refractivity contribution in [3.8, 4) is 0 Å². The molecule has 5 heteroatoms. The highest BCUT2D eigenvalue weighted by Gasteiger charge is 2.14. The largest absolute Gasteiger partial charge is 0.465 e. The third-order valence-corrected chi connectivity index (χ3v) is 3.67. The highest BCUT2D eigenvalue weighted by molar-refractivity contribution is 7.10. The first-order valence-electron chi connectivity index (χ1n) is 5.95. The number of esters is 1. The Morgan fingerprint density at radius 3 is 2.89 bits per heavy atom. The molecule has 0 fully saturated rings. The van der Waals surface area contributed by atoms with Gasteiger partial charge in [-0.25, -0.2) is 4.79 Å². The zero-order chi connectivity index (χ0) is 13.8. The Bertz CT molecular complexity index is 593. The molecule has 1 aromatic heterocycles. The fourth-order valence-electron chi connectivity index (χ4n) is 1.84. The summed E-state index contributed by atoms with van der Waals surface area (Å²) in [6, 6.07) is 6.32. The minimum Gasteiger partial charge on any atom is -0.465 e. The van der Waals surface area contributed by atoms with Gasteiger partial charge in [-0.2, -0.15) is 4.37 Å². The molecule has 1 aromatic carbocycles. The molecule has 100 valence electrons. The predicted molar refractivity (Wildman–Crippen MR) is 76.7 cm³/mol. The van der Waals surface area contributed by atoms with Gasteiger partial charge in [0.1, 0.15) is 10.6 Å². The number of benzene rings is 1. The number of aryl methyl sites for hydroxylation is 2. The molecule has 1 N–H and O–H groups in total. The van der Waals surface area contributed by atoms with Crippen LogP contribution in [0.1, 0.15) is 27.0 Å². The van der Waals surface area contributed by atoms with Crippen LogP contribution in [0.5, 0.6) is 0 Å². The normalized spacial score (nSPS) is 10.3. The maximum atomic E-state index is 11.5. The molecule has 0 amide bonds. The van der Waals surface area contributed by atoms with Gasteiger partial charge in [-0.05, 0) is 36.5 Å². The van der Waals surface area contributed by atoms with E-state index >= 15 is 0 Å². The molecule has 0 saturated heterocycles. The second-order valence-corrected chi connectivity index (χ2v) is 5.15. The number of nitrogens with one attached hydrogen (secondary N) is 1. The van der Waals surface area contributed by atoms with Crippen molar-refractivity contribution < 1.29 is 9.53 Å². The van der Waals surface area contributed by atoms with Gasteiger partial charge in [0.15, 0.2) is 0 Å². The molecule has 2 aromatic rings. The van der Waals surface area contributed by atoms with E-state index in [0.29, 0.717) is 12.1 Å². The number of methoxy groups -OCH3 is 1. The molecule has 0 spiro atoms. The Morgan fingerprint density at radius 1 is 1.42 bits per heavy atom. The standard InChI is InChI=1S/C14H16N2O2S/c1-9-4-5-11(10(2)6-9)7-15-13-12(8-16-19-13)14(17)18-3/h4-6,8,15H,7H2,1-3H3. The quantitative estimate of drug-likeness (QED) is 0.872. The Kier molecular flexibility index (Phi) is 4.16. The molecular formula is C14H16N2O2S. The zero-order valence-corrected chi connectivity index (χ0v) is 12.0. The van der Waals surface area contributed by atoms with E-state index in [9.17, 15) is 4.79 Å². The van der Waals surface area contributed by atoms with Gasteiger partial charge >= 0.3 is 5.97 Å². The van der Waals surface area contributed by atoms with Crippen LogP contribution >= 0.6 is 11.5 Å². The molecule has 4 nitrogen and oxygen atoms in total. The van der Waals surface area contributed by atoms with Gasteiger partial charge < -0.3 is 10.1 Å². The third-order valence-electron chi connectivity index (χ3n) is 2.91. The lowest BCUT2D eigenvalue weighted by molar-refractivity contribution is 0.0602. The minimum atomic E-state index is -0.364. The number of hydrogen-bond acceptors (Lipinski definition) is 5. The molecule has 1 heterocycles. The van der Waals surface area contributed by atoms with Crippen LogP contribution in [-0.4, -0.2) is 17.5 Å². The first kappa shape index (κ1) is 13.5. The zero-order valence-electron chi connectivity index (χ0n) is 11.2. The van der Waals surface area contributed by atoms with E-state index < -0.39 is 0 Å². The number of carbonyl (C=O) groups excluding carboxylic acids is 1. The molecule has 0 aliphatic heterocycles. The van der Waals surface area contributed by atoms with Crippen LogP contribution in [0.15, 0.2) is 24.4 Å². The van der Waals surface area contributed by atoms with Crippen LogP contribution in [0.4, 0.5) is 5.00 Å². The fraction of sp³-hybridized carbons (Fsp3) is 0.286. The van der Waals surface area contributed by atoms with Crippen LogP contribution in [0, 0.1) is 13.8 Å². The molecule has 0 radical (unpaired) electrons. The highest BCUT2D eigenvalue weighted by atomic mass is 32.1. The number of nitrogens with zero attached hydrogens (tertiary/aromatic N) is 1. The van der Waals surface area contributed by atoms with Crippen molar-refractivity contribution in [2.24, 2.45) is 0 Å². The SMILES string of the molecule is COC(=O)c1cnsc1NCc1ccc(C)cc1C. The topological polar surface area (TPSA) is 51.2 Å². The maximum absolute atomic E-state index is 11.5. The highest BCUT2D eigenvalue weighted by Crippen LogP contribution is 2.22. The van der Waals surface area contributed by atoms with Crippen molar-refractivity contribution >= 4 is 22.5 Å². The van der Waals surface area contributed by atoms with Crippen LogP contribution in [0.2, 0.25) is 0 Å². The minimum absolute atomic E-state index is 0.364. The molecule has 0 bridgehead atoms. The average Bonchev–Trinajstić information content (AvgIpc) is 2.85.